The normalized spacial score (nSPS) is 10.3. The molecular formula is C10H3Cl3N2O4S. The highest BCUT2D eigenvalue weighted by atomic mass is 35.5. The number of nitro groups is 1. The lowest BCUT2D eigenvalue weighted by atomic mass is 10.3. The molecule has 2 aromatic rings. The lowest BCUT2D eigenvalue weighted by Crippen LogP contribution is -1.91. The van der Waals surface area contributed by atoms with Crippen molar-refractivity contribution in [2.75, 3.05) is 0 Å². The molecule has 1 aromatic carbocycles. The van der Waals surface area contributed by atoms with Crippen LogP contribution in [0.1, 0.15) is 9.67 Å². The molecule has 0 unspecified atom stereocenters. The summed E-state index contributed by atoms with van der Waals surface area (Å²) in [6, 6.07) is 2.19. The van der Waals surface area contributed by atoms with Crippen molar-refractivity contribution in [3.8, 4) is 10.9 Å². The van der Waals surface area contributed by atoms with Crippen LogP contribution in [-0.2, 0) is 0 Å². The Morgan fingerprint density at radius 1 is 1.30 bits per heavy atom. The van der Waals surface area contributed by atoms with E-state index in [0.717, 1.165) is 23.5 Å². The molecule has 2 rings (SSSR count). The van der Waals surface area contributed by atoms with Crippen LogP contribution in [0, 0.1) is 10.1 Å². The van der Waals surface area contributed by atoms with Crippen LogP contribution in [0.2, 0.25) is 15.2 Å². The summed E-state index contributed by atoms with van der Waals surface area (Å²) in [5.41, 5.74) is -0.266. The molecule has 1 aromatic heterocycles. The van der Waals surface area contributed by atoms with Crippen molar-refractivity contribution in [2.24, 2.45) is 0 Å². The SMILES string of the molecule is O=Cc1sc(Oc2c(Cl)cc([N+](=O)[O-])cc2Cl)nc1Cl. The van der Waals surface area contributed by atoms with E-state index in [1.807, 2.05) is 0 Å². The fraction of sp³-hybridized carbons (Fsp3) is 0. The number of nitro benzene ring substituents is 1. The zero-order chi connectivity index (χ0) is 14.9. The number of aldehydes is 1. The summed E-state index contributed by atoms with van der Waals surface area (Å²) < 4.78 is 5.32. The van der Waals surface area contributed by atoms with E-state index < -0.39 is 4.92 Å². The van der Waals surface area contributed by atoms with Crippen molar-refractivity contribution >= 4 is 58.1 Å². The van der Waals surface area contributed by atoms with Gasteiger partial charge in [-0.25, -0.2) is 0 Å². The average molecular weight is 354 g/mol. The van der Waals surface area contributed by atoms with Gasteiger partial charge in [-0.3, -0.25) is 14.9 Å². The number of aromatic nitrogens is 1. The molecular weight excluding hydrogens is 351 g/mol. The molecule has 0 radical (unpaired) electrons. The molecule has 10 heteroatoms. The van der Waals surface area contributed by atoms with E-state index in [4.69, 9.17) is 39.5 Å². The van der Waals surface area contributed by atoms with Gasteiger partial charge in [-0.1, -0.05) is 46.1 Å². The molecule has 0 saturated carbocycles. The van der Waals surface area contributed by atoms with Gasteiger partial charge in [0.1, 0.15) is 4.88 Å². The zero-order valence-electron chi connectivity index (χ0n) is 9.30. The van der Waals surface area contributed by atoms with Gasteiger partial charge in [0, 0.05) is 12.1 Å². The second-order valence-corrected chi connectivity index (χ2v) is 5.52. The van der Waals surface area contributed by atoms with Gasteiger partial charge in [0.2, 0.25) is 0 Å². The van der Waals surface area contributed by atoms with Crippen LogP contribution >= 0.6 is 46.1 Å². The number of halogens is 3. The van der Waals surface area contributed by atoms with Crippen molar-refractivity contribution in [1.82, 2.24) is 4.98 Å². The number of hydrogen-bond acceptors (Lipinski definition) is 6. The summed E-state index contributed by atoms with van der Waals surface area (Å²) in [6.45, 7) is 0. The molecule has 0 fully saturated rings. The molecule has 0 N–H and O–H groups in total. The molecule has 1 heterocycles. The third kappa shape index (κ3) is 3.01. The van der Waals surface area contributed by atoms with Crippen molar-refractivity contribution in [1.29, 1.82) is 0 Å². The van der Waals surface area contributed by atoms with Crippen LogP contribution in [0.25, 0.3) is 0 Å². The average Bonchev–Trinajstić information content (AvgIpc) is 2.73. The topological polar surface area (TPSA) is 82.3 Å². The van der Waals surface area contributed by atoms with Gasteiger partial charge in [0.05, 0.1) is 15.0 Å². The smallest absolute Gasteiger partial charge is 0.280 e. The lowest BCUT2D eigenvalue weighted by Gasteiger charge is -2.06. The van der Waals surface area contributed by atoms with Crippen LogP contribution in [0.4, 0.5) is 5.69 Å². The first-order valence-electron chi connectivity index (χ1n) is 4.85. The number of ether oxygens (including phenoxy) is 1. The van der Waals surface area contributed by atoms with Crippen LogP contribution in [0.15, 0.2) is 12.1 Å². The Morgan fingerprint density at radius 2 is 1.90 bits per heavy atom. The summed E-state index contributed by atoms with van der Waals surface area (Å²) in [5.74, 6) is 0.00167. The maximum absolute atomic E-state index is 10.6. The minimum Gasteiger partial charge on any atom is -0.428 e. The first kappa shape index (κ1) is 15.0. The Morgan fingerprint density at radius 3 is 2.35 bits per heavy atom. The molecule has 20 heavy (non-hydrogen) atoms. The van der Waals surface area contributed by atoms with E-state index in [0.29, 0.717) is 6.29 Å². The molecule has 104 valence electrons. The third-order valence-corrected chi connectivity index (χ3v) is 3.90. The number of benzene rings is 1. The minimum atomic E-state index is -0.633. The van der Waals surface area contributed by atoms with Gasteiger partial charge < -0.3 is 4.74 Å². The molecule has 0 saturated heterocycles. The summed E-state index contributed by atoms with van der Waals surface area (Å²) in [7, 11) is 0. The van der Waals surface area contributed by atoms with Crippen molar-refractivity contribution < 1.29 is 14.5 Å². The fourth-order valence-electron chi connectivity index (χ4n) is 1.25. The predicted molar refractivity (Wildman–Crippen MR) is 75.7 cm³/mol. The second-order valence-electron chi connectivity index (χ2n) is 3.35. The Hall–Kier alpha value is -1.41. The number of non-ortho nitro benzene ring substituents is 1. The molecule has 0 aliphatic heterocycles. The molecule has 0 amide bonds. The fourth-order valence-corrected chi connectivity index (χ4v) is 2.72. The van der Waals surface area contributed by atoms with Gasteiger partial charge in [-0.05, 0) is 0 Å². The van der Waals surface area contributed by atoms with Gasteiger partial charge in [-0.15, -0.1) is 0 Å². The van der Waals surface area contributed by atoms with Crippen molar-refractivity contribution in [3.05, 3.63) is 42.3 Å². The number of rotatable bonds is 4. The number of nitrogens with zero attached hydrogens (tertiary/aromatic N) is 2. The Balaban J connectivity index is 2.38. The highest BCUT2D eigenvalue weighted by Gasteiger charge is 2.18. The molecule has 0 aliphatic rings. The number of carbonyl (C=O) groups excluding carboxylic acids is 1. The highest BCUT2D eigenvalue weighted by molar-refractivity contribution is 7.15. The third-order valence-electron chi connectivity index (χ3n) is 2.08. The second kappa shape index (κ2) is 5.92. The summed E-state index contributed by atoms with van der Waals surface area (Å²) in [5, 5.41) is 10.6. The monoisotopic (exact) mass is 352 g/mol. The maximum atomic E-state index is 10.6. The van der Waals surface area contributed by atoms with E-state index in [-0.39, 0.29) is 36.7 Å². The van der Waals surface area contributed by atoms with Crippen LogP contribution in [-0.4, -0.2) is 16.2 Å². The molecule has 0 aliphatic carbocycles. The Kier molecular flexibility index (Phi) is 4.44. The van der Waals surface area contributed by atoms with Gasteiger partial charge in [-0.2, -0.15) is 4.98 Å². The molecule has 6 nitrogen and oxygen atoms in total. The molecule has 0 atom stereocenters. The quantitative estimate of drug-likeness (QED) is 0.455. The van der Waals surface area contributed by atoms with Crippen LogP contribution < -0.4 is 4.74 Å². The zero-order valence-corrected chi connectivity index (χ0v) is 12.4. The first-order valence-corrected chi connectivity index (χ1v) is 6.80. The Labute approximate surface area is 131 Å². The predicted octanol–water partition coefficient (Wildman–Crippen LogP) is 4.62. The standard InChI is InChI=1S/C10H3Cl3N2O4S/c11-5-1-4(15(17)18)2-6(12)8(5)19-10-14-9(13)7(3-16)20-10/h1-3H. The first-order chi connectivity index (χ1) is 9.42. The summed E-state index contributed by atoms with van der Waals surface area (Å²) in [6.07, 6.45) is 0.534. The van der Waals surface area contributed by atoms with Gasteiger partial charge in [0.25, 0.3) is 10.9 Å². The largest absolute Gasteiger partial charge is 0.428 e. The van der Waals surface area contributed by atoms with E-state index in [9.17, 15) is 14.9 Å². The summed E-state index contributed by atoms with van der Waals surface area (Å²) >= 11 is 18.3. The van der Waals surface area contributed by atoms with Crippen molar-refractivity contribution in [3.63, 3.8) is 0 Å². The van der Waals surface area contributed by atoms with Crippen molar-refractivity contribution in [2.45, 2.75) is 0 Å². The summed E-state index contributed by atoms with van der Waals surface area (Å²) in [4.78, 5) is 24.6. The molecule has 0 bridgehead atoms. The lowest BCUT2D eigenvalue weighted by molar-refractivity contribution is -0.384. The highest BCUT2D eigenvalue weighted by Crippen LogP contribution is 2.41. The van der Waals surface area contributed by atoms with E-state index >= 15 is 0 Å². The van der Waals surface area contributed by atoms with Crippen LogP contribution in [0.5, 0.6) is 10.9 Å². The van der Waals surface area contributed by atoms with E-state index in [1.54, 1.807) is 0 Å². The number of hydrogen-bond donors (Lipinski definition) is 0. The minimum absolute atomic E-state index is 0.00167. The van der Waals surface area contributed by atoms with Crippen LogP contribution in [0.3, 0.4) is 0 Å². The number of carbonyl (C=O) groups is 1. The van der Waals surface area contributed by atoms with Gasteiger partial charge in [0.15, 0.2) is 17.2 Å². The number of thiazole rings is 1. The van der Waals surface area contributed by atoms with E-state index in [2.05, 4.69) is 4.98 Å². The maximum Gasteiger partial charge on any atom is 0.280 e. The van der Waals surface area contributed by atoms with Gasteiger partial charge >= 0.3 is 0 Å². The van der Waals surface area contributed by atoms with E-state index in [1.165, 1.54) is 0 Å². The Bertz CT molecular complexity index is 681. The molecule has 0 spiro atoms.